The summed E-state index contributed by atoms with van der Waals surface area (Å²) in [6.07, 6.45) is -0.639. The van der Waals surface area contributed by atoms with E-state index in [9.17, 15) is 21.9 Å². The molecule has 0 spiro atoms. The number of methoxy groups -OCH3 is 2. The second-order valence-electron chi connectivity index (χ2n) is 5.32. The molecule has 0 saturated carbocycles. The van der Waals surface area contributed by atoms with Crippen LogP contribution in [0.25, 0.3) is 0 Å². The Labute approximate surface area is 151 Å². The predicted octanol–water partition coefficient (Wildman–Crippen LogP) is 0.576. The zero-order valence-electron chi connectivity index (χ0n) is 14.0. The molecule has 25 heavy (non-hydrogen) atoms. The van der Waals surface area contributed by atoms with Crippen molar-refractivity contribution in [1.82, 2.24) is 4.31 Å². The van der Waals surface area contributed by atoms with E-state index in [-0.39, 0.29) is 33.0 Å². The normalized spacial score (nSPS) is 21.1. The summed E-state index contributed by atoms with van der Waals surface area (Å²) >= 11 is 0.577. The van der Waals surface area contributed by atoms with Gasteiger partial charge in [-0.15, -0.1) is 15.7 Å². The molecule has 0 aromatic carbocycles. The summed E-state index contributed by atoms with van der Waals surface area (Å²) in [5.41, 5.74) is 0.0804. The van der Waals surface area contributed by atoms with Crippen molar-refractivity contribution in [2.45, 2.75) is 27.9 Å². The third-order valence-corrected chi connectivity index (χ3v) is 8.91. The molecule has 0 bridgehead atoms. The van der Waals surface area contributed by atoms with E-state index in [1.54, 1.807) is 0 Å². The minimum absolute atomic E-state index is 0.0732. The lowest BCUT2D eigenvalue weighted by atomic mass is 10.2. The van der Waals surface area contributed by atoms with Crippen LogP contribution in [0.15, 0.2) is 18.9 Å². The number of sulfonamides is 2. The van der Waals surface area contributed by atoms with Crippen molar-refractivity contribution in [3.63, 3.8) is 0 Å². The average Bonchev–Trinajstić information content (AvgIpc) is 3.00. The third-order valence-electron chi connectivity index (χ3n) is 3.57. The SMILES string of the molecule is COCCCN1CC(O)c2cc(S(=O)(=O)N=C(C)OC)sc2S1(=O)=O. The minimum atomic E-state index is -4.11. The van der Waals surface area contributed by atoms with Crippen LogP contribution in [0.5, 0.6) is 0 Å². The van der Waals surface area contributed by atoms with Crippen molar-refractivity contribution < 1.29 is 31.4 Å². The quantitative estimate of drug-likeness (QED) is 0.412. The topological polar surface area (TPSA) is 123 Å². The van der Waals surface area contributed by atoms with Crippen LogP contribution in [0.4, 0.5) is 0 Å². The largest absolute Gasteiger partial charge is 0.484 e. The van der Waals surface area contributed by atoms with Crippen LogP contribution in [-0.2, 0) is 29.5 Å². The average molecular weight is 413 g/mol. The molecule has 9 nitrogen and oxygen atoms in total. The first kappa shape index (κ1) is 20.3. The number of hydrogen-bond donors (Lipinski definition) is 1. The number of ether oxygens (including phenoxy) is 2. The van der Waals surface area contributed by atoms with Gasteiger partial charge in [0.05, 0.1) is 13.2 Å². The lowest BCUT2D eigenvalue weighted by Crippen LogP contribution is -2.39. The summed E-state index contributed by atoms with van der Waals surface area (Å²) in [6.45, 7) is 1.79. The predicted molar refractivity (Wildman–Crippen MR) is 91.8 cm³/mol. The van der Waals surface area contributed by atoms with Crippen LogP contribution in [0.1, 0.15) is 25.0 Å². The Bertz CT molecular complexity index is 858. The van der Waals surface area contributed by atoms with Crippen molar-refractivity contribution in [2.24, 2.45) is 4.40 Å². The van der Waals surface area contributed by atoms with Crippen molar-refractivity contribution >= 4 is 37.3 Å². The van der Waals surface area contributed by atoms with Gasteiger partial charge in [-0.1, -0.05) is 0 Å². The van der Waals surface area contributed by atoms with Gasteiger partial charge in [-0.3, -0.25) is 0 Å². The van der Waals surface area contributed by atoms with Gasteiger partial charge >= 0.3 is 0 Å². The van der Waals surface area contributed by atoms with Gasteiger partial charge in [-0.25, -0.2) is 8.42 Å². The van der Waals surface area contributed by atoms with Gasteiger partial charge in [0.1, 0.15) is 8.42 Å². The lowest BCUT2D eigenvalue weighted by Gasteiger charge is -2.29. The van der Waals surface area contributed by atoms with Crippen LogP contribution in [-0.4, -0.2) is 66.1 Å². The molecule has 1 atom stereocenters. The molecule has 1 aromatic heterocycles. The second-order valence-corrected chi connectivity index (χ2v) is 10.3. The highest BCUT2D eigenvalue weighted by Gasteiger charge is 2.39. The van der Waals surface area contributed by atoms with E-state index in [2.05, 4.69) is 4.40 Å². The Morgan fingerprint density at radius 1 is 1.48 bits per heavy atom. The van der Waals surface area contributed by atoms with Crippen LogP contribution in [0.2, 0.25) is 0 Å². The van der Waals surface area contributed by atoms with E-state index in [0.717, 1.165) is 10.4 Å². The second kappa shape index (κ2) is 7.68. The van der Waals surface area contributed by atoms with Crippen molar-refractivity contribution in [3.05, 3.63) is 11.6 Å². The summed E-state index contributed by atoms with van der Waals surface area (Å²) in [5.74, 6) is -0.0732. The summed E-state index contributed by atoms with van der Waals surface area (Å²) in [4.78, 5) is 0. The number of fused-ring (bicyclic) bond motifs is 1. The Morgan fingerprint density at radius 2 is 2.16 bits per heavy atom. The minimum Gasteiger partial charge on any atom is -0.484 e. The number of aliphatic hydroxyl groups is 1. The molecule has 0 aliphatic carbocycles. The molecule has 0 saturated heterocycles. The first-order valence-electron chi connectivity index (χ1n) is 7.30. The summed E-state index contributed by atoms with van der Waals surface area (Å²) in [7, 11) is -5.20. The van der Waals surface area contributed by atoms with Crippen LogP contribution in [0.3, 0.4) is 0 Å². The molecule has 1 N–H and O–H groups in total. The van der Waals surface area contributed by atoms with Crippen LogP contribution >= 0.6 is 11.3 Å². The Kier molecular flexibility index (Phi) is 6.22. The molecule has 1 aliphatic heterocycles. The van der Waals surface area contributed by atoms with Gasteiger partial charge in [0.25, 0.3) is 20.0 Å². The van der Waals surface area contributed by atoms with Crippen LogP contribution < -0.4 is 0 Å². The number of nitrogens with zero attached hydrogens (tertiary/aromatic N) is 2. The van der Waals surface area contributed by atoms with Gasteiger partial charge in [-0.05, 0) is 12.5 Å². The molecule has 0 radical (unpaired) electrons. The van der Waals surface area contributed by atoms with Gasteiger partial charge in [0, 0.05) is 39.3 Å². The summed E-state index contributed by atoms with van der Waals surface area (Å²) in [5, 5.41) is 10.2. The van der Waals surface area contributed by atoms with Crippen molar-refractivity contribution in [3.8, 4) is 0 Å². The number of aliphatic hydroxyl groups excluding tert-OH is 1. The summed E-state index contributed by atoms with van der Waals surface area (Å²) < 4.78 is 63.7. The van der Waals surface area contributed by atoms with Gasteiger partial charge in [0.2, 0.25) is 0 Å². The fourth-order valence-corrected chi connectivity index (χ4v) is 7.12. The molecule has 0 amide bonds. The van der Waals surface area contributed by atoms with E-state index in [1.807, 2.05) is 0 Å². The fourth-order valence-electron chi connectivity index (χ4n) is 2.28. The molecule has 2 heterocycles. The van der Waals surface area contributed by atoms with E-state index < -0.39 is 26.2 Å². The van der Waals surface area contributed by atoms with Crippen LogP contribution in [0, 0.1) is 0 Å². The zero-order valence-corrected chi connectivity index (χ0v) is 16.4. The van der Waals surface area contributed by atoms with E-state index in [0.29, 0.717) is 24.4 Å². The Balaban J connectivity index is 2.43. The Morgan fingerprint density at radius 3 is 2.76 bits per heavy atom. The van der Waals surface area contributed by atoms with Crippen molar-refractivity contribution in [2.75, 3.05) is 33.9 Å². The monoisotopic (exact) mass is 412 g/mol. The number of β-amino-alcohol motifs (C(OH)–C–C–N with tert-alkyl or cyclic N) is 1. The van der Waals surface area contributed by atoms with Gasteiger partial charge in [-0.2, -0.15) is 12.7 Å². The molecule has 1 aliphatic rings. The third kappa shape index (κ3) is 4.20. The number of hydrogen-bond acceptors (Lipinski definition) is 8. The first-order valence-corrected chi connectivity index (χ1v) is 11.0. The highest BCUT2D eigenvalue weighted by molar-refractivity contribution is 7.94. The summed E-state index contributed by atoms with van der Waals surface area (Å²) in [6, 6.07) is 1.16. The molecule has 0 fully saturated rings. The maximum atomic E-state index is 12.7. The van der Waals surface area contributed by atoms with E-state index in [4.69, 9.17) is 9.47 Å². The highest BCUT2D eigenvalue weighted by atomic mass is 32.3. The van der Waals surface area contributed by atoms with Gasteiger partial charge < -0.3 is 14.6 Å². The van der Waals surface area contributed by atoms with E-state index in [1.165, 1.54) is 21.1 Å². The number of rotatable bonds is 6. The molecule has 1 unspecified atom stereocenters. The first-order chi connectivity index (χ1) is 11.6. The Hall–Kier alpha value is -1.05. The zero-order chi connectivity index (χ0) is 18.8. The number of thiophene rings is 1. The molecular formula is C13H20N2O7S3. The molecule has 1 aromatic rings. The standard InChI is InChI=1S/C13H20N2O7S3/c1-9(22-3)14-24(17,18)12-7-10-11(16)8-15(5-4-6-21-2)25(19,20)13(10)23-12/h7,11,16H,4-6,8H2,1-3H3. The maximum Gasteiger partial charge on any atom is 0.294 e. The molecule has 142 valence electrons. The lowest BCUT2D eigenvalue weighted by molar-refractivity contribution is 0.131. The smallest absolute Gasteiger partial charge is 0.294 e. The van der Waals surface area contributed by atoms with Gasteiger partial charge in [0.15, 0.2) is 5.90 Å². The maximum absolute atomic E-state index is 12.7. The molecular weight excluding hydrogens is 392 g/mol. The highest BCUT2D eigenvalue weighted by Crippen LogP contribution is 2.40. The molecule has 2 rings (SSSR count). The fraction of sp³-hybridized carbons (Fsp3) is 0.615. The van der Waals surface area contributed by atoms with E-state index >= 15 is 0 Å². The molecule has 12 heteroatoms. The van der Waals surface area contributed by atoms with Crippen molar-refractivity contribution in [1.29, 1.82) is 0 Å².